The number of carbonyl (C=O) groups excluding carboxylic acids is 1. The molecule has 0 bridgehead atoms. The number of amides is 1. The van der Waals surface area contributed by atoms with Crippen LogP contribution in [0.3, 0.4) is 0 Å². The summed E-state index contributed by atoms with van der Waals surface area (Å²) >= 11 is 0. The van der Waals surface area contributed by atoms with Crippen molar-refractivity contribution < 1.29 is 17.9 Å². The van der Waals surface area contributed by atoms with Gasteiger partial charge in [0.25, 0.3) is 10.0 Å². The van der Waals surface area contributed by atoms with Crippen molar-refractivity contribution in [3.8, 4) is 0 Å². The third kappa shape index (κ3) is 4.76. The van der Waals surface area contributed by atoms with E-state index in [1.54, 1.807) is 24.3 Å². The lowest BCUT2D eigenvalue weighted by Crippen LogP contribution is -2.38. The third-order valence-corrected chi connectivity index (χ3v) is 6.67. The zero-order valence-electron chi connectivity index (χ0n) is 15.5. The van der Waals surface area contributed by atoms with Crippen molar-refractivity contribution >= 4 is 15.9 Å². The number of hydrogen-bond donors (Lipinski definition) is 0. The summed E-state index contributed by atoms with van der Waals surface area (Å²) in [5.74, 6) is -0.314. The number of sulfonamides is 1. The van der Waals surface area contributed by atoms with Gasteiger partial charge in [-0.3, -0.25) is 4.79 Å². The first-order valence-electron chi connectivity index (χ1n) is 9.24. The summed E-state index contributed by atoms with van der Waals surface area (Å²) in [6.07, 6.45) is 2.18. The van der Waals surface area contributed by atoms with Crippen LogP contribution in [0.4, 0.5) is 0 Å². The Kier molecular flexibility index (Phi) is 6.29. The highest BCUT2D eigenvalue weighted by atomic mass is 32.2. The van der Waals surface area contributed by atoms with Gasteiger partial charge in [-0.2, -0.15) is 0 Å². The maximum absolute atomic E-state index is 12.9. The maximum atomic E-state index is 12.9. The summed E-state index contributed by atoms with van der Waals surface area (Å²) < 4.78 is 32.6. The van der Waals surface area contributed by atoms with Gasteiger partial charge in [-0.1, -0.05) is 48.0 Å². The molecule has 0 unspecified atom stereocenters. The standard InChI is InChI=1S/C21H25NO4S/c1-17-9-12-20(13-10-17)27(24,25)22-19(11-14-21(22)23)8-5-15-26-16-18-6-3-2-4-7-18/h2-4,6-7,9-10,12-13,19H,5,8,11,14-16H2,1H3/t19-/m1/s1. The molecule has 0 aliphatic carbocycles. The van der Waals surface area contributed by atoms with Crippen molar-refractivity contribution in [3.05, 3.63) is 65.7 Å². The molecule has 1 atom stereocenters. The number of aryl methyl sites for hydroxylation is 1. The van der Waals surface area contributed by atoms with Gasteiger partial charge in [0.2, 0.25) is 5.91 Å². The Balaban J connectivity index is 1.57. The van der Waals surface area contributed by atoms with Crippen LogP contribution in [0.1, 0.15) is 36.8 Å². The van der Waals surface area contributed by atoms with Crippen LogP contribution in [-0.2, 0) is 26.2 Å². The lowest BCUT2D eigenvalue weighted by molar-refractivity contribution is -0.124. The molecule has 1 amide bonds. The van der Waals surface area contributed by atoms with E-state index in [0.717, 1.165) is 15.4 Å². The van der Waals surface area contributed by atoms with Gasteiger partial charge in [0.1, 0.15) is 0 Å². The highest BCUT2D eigenvalue weighted by Gasteiger charge is 2.39. The maximum Gasteiger partial charge on any atom is 0.266 e. The normalized spacial score (nSPS) is 17.4. The molecular weight excluding hydrogens is 362 g/mol. The van der Waals surface area contributed by atoms with E-state index in [-0.39, 0.29) is 23.3 Å². The Bertz CT molecular complexity index is 863. The lowest BCUT2D eigenvalue weighted by Gasteiger charge is -2.24. The Morgan fingerprint density at radius 1 is 1.07 bits per heavy atom. The number of hydrogen-bond acceptors (Lipinski definition) is 4. The molecule has 6 heteroatoms. The molecule has 3 rings (SSSR count). The van der Waals surface area contributed by atoms with Gasteiger partial charge in [0.05, 0.1) is 11.5 Å². The van der Waals surface area contributed by atoms with Crippen LogP contribution in [0, 0.1) is 6.92 Å². The molecule has 2 aromatic carbocycles. The molecule has 5 nitrogen and oxygen atoms in total. The van der Waals surface area contributed by atoms with Crippen molar-refractivity contribution in [1.29, 1.82) is 0 Å². The summed E-state index contributed by atoms with van der Waals surface area (Å²) in [4.78, 5) is 12.4. The second-order valence-corrected chi connectivity index (χ2v) is 8.70. The summed E-state index contributed by atoms with van der Waals surface area (Å²) in [6.45, 7) is 2.98. The minimum Gasteiger partial charge on any atom is -0.377 e. The average molecular weight is 388 g/mol. The average Bonchev–Trinajstić information content (AvgIpc) is 3.04. The molecule has 1 heterocycles. The van der Waals surface area contributed by atoms with Gasteiger partial charge < -0.3 is 4.74 Å². The van der Waals surface area contributed by atoms with Crippen LogP contribution < -0.4 is 0 Å². The molecule has 27 heavy (non-hydrogen) atoms. The van der Waals surface area contributed by atoms with Gasteiger partial charge in [-0.05, 0) is 43.9 Å². The Hall–Kier alpha value is -2.18. The highest BCUT2D eigenvalue weighted by Crippen LogP contribution is 2.29. The summed E-state index contributed by atoms with van der Waals surface area (Å²) in [5.41, 5.74) is 2.09. The molecule has 1 aliphatic rings. The van der Waals surface area contributed by atoms with E-state index in [0.29, 0.717) is 32.5 Å². The Labute approximate surface area is 161 Å². The fourth-order valence-corrected chi connectivity index (χ4v) is 4.99. The van der Waals surface area contributed by atoms with Crippen LogP contribution in [0.5, 0.6) is 0 Å². The summed E-state index contributed by atoms with van der Waals surface area (Å²) in [7, 11) is -3.80. The van der Waals surface area contributed by atoms with E-state index < -0.39 is 10.0 Å². The molecule has 1 fully saturated rings. The fraction of sp³-hybridized carbons (Fsp3) is 0.381. The first-order valence-corrected chi connectivity index (χ1v) is 10.7. The molecule has 0 radical (unpaired) electrons. The number of nitrogens with zero attached hydrogens (tertiary/aromatic N) is 1. The summed E-state index contributed by atoms with van der Waals surface area (Å²) in [6, 6.07) is 16.3. The molecule has 1 saturated heterocycles. The minimum atomic E-state index is -3.80. The van der Waals surface area contributed by atoms with Crippen molar-refractivity contribution in [1.82, 2.24) is 4.31 Å². The first-order chi connectivity index (χ1) is 13.0. The quantitative estimate of drug-likeness (QED) is 0.648. The number of ether oxygens (including phenoxy) is 1. The predicted molar refractivity (Wildman–Crippen MR) is 104 cm³/mol. The lowest BCUT2D eigenvalue weighted by atomic mass is 10.1. The Morgan fingerprint density at radius 3 is 2.48 bits per heavy atom. The van der Waals surface area contributed by atoms with Gasteiger partial charge in [-0.25, -0.2) is 12.7 Å². The number of carbonyl (C=O) groups is 1. The predicted octanol–water partition coefficient (Wildman–Crippen LogP) is 3.67. The monoisotopic (exact) mass is 387 g/mol. The molecule has 0 N–H and O–H groups in total. The van der Waals surface area contributed by atoms with E-state index in [4.69, 9.17) is 4.74 Å². The van der Waals surface area contributed by atoms with E-state index in [1.165, 1.54) is 0 Å². The van der Waals surface area contributed by atoms with Crippen molar-refractivity contribution in [2.24, 2.45) is 0 Å². The highest BCUT2D eigenvalue weighted by molar-refractivity contribution is 7.89. The smallest absolute Gasteiger partial charge is 0.266 e. The largest absolute Gasteiger partial charge is 0.377 e. The van der Waals surface area contributed by atoms with Crippen molar-refractivity contribution in [2.75, 3.05) is 6.61 Å². The van der Waals surface area contributed by atoms with Crippen LogP contribution in [0.25, 0.3) is 0 Å². The van der Waals surface area contributed by atoms with Crippen LogP contribution >= 0.6 is 0 Å². The molecule has 0 aromatic heterocycles. The third-order valence-electron chi connectivity index (χ3n) is 4.78. The number of rotatable bonds is 8. The van der Waals surface area contributed by atoms with Crippen LogP contribution in [0.2, 0.25) is 0 Å². The van der Waals surface area contributed by atoms with Gasteiger partial charge in [0.15, 0.2) is 0 Å². The topological polar surface area (TPSA) is 63.7 Å². The molecule has 0 saturated carbocycles. The first kappa shape index (κ1) is 19.6. The van der Waals surface area contributed by atoms with Crippen LogP contribution in [-0.4, -0.2) is 31.3 Å². The zero-order chi connectivity index (χ0) is 19.3. The minimum absolute atomic E-state index is 0.175. The van der Waals surface area contributed by atoms with E-state index in [1.807, 2.05) is 37.3 Å². The molecule has 2 aromatic rings. The zero-order valence-corrected chi connectivity index (χ0v) is 16.3. The SMILES string of the molecule is Cc1ccc(S(=O)(=O)N2C(=O)CC[C@H]2CCCOCc2ccccc2)cc1. The van der Waals surface area contributed by atoms with Crippen LogP contribution in [0.15, 0.2) is 59.5 Å². The second-order valence-electron chi connectivity index (χ2n) is 6.88. The summed E-state index contributed by atoms with van der Waals surface area (Å²) in [5, 5.41) is 0. The van der Waals surface area contributed by atoms with Gasteiger partial charge >= 0.3 is 0 Å². The Morgan fingerprint density at radius 2 is 1.78 bits per heavy atom. The molecular formula is C21H25NO4S. The van der Waals surface area contributed by atoms with Crippen molar-refractivity contribution in [2.45, 2.75) is 50.2 Å². The molecule has 144 valence electrons. The van der Waals surface area contributed by atoms with Gasteiger partial charge in [-0.15, -0.1) is 0 Å². The fourth-order valence-electron chi connectivity index (χ4n) is 3.32. The van der Waals surface area contributed by atoms with E-state index >= 15 is 0 Å². The second kappa shape index (κ2) is 8.67. The number of benzene rings is 2. The van der Waals surface area contributed by atoms with Gasteiger partial charge in [0, 0.05) is 19.1 Å². The van der Waals surface area contributed by atoms with E-state index in [2.05, 4.69) is 0 Å². The van der Waals surface area contributed by atoms with Crippen molar-refractivity contribution in [3.63, 3.8) is 0 Å². The molecule has 1 aliphatic heterocycles. The van der Waals surface area contributed by atoms with E-state index in [9.17, 15) is 13.2 Å². The molecule has 0 spiro atoms.